The van der Waals surface area contributed by atoms with Crippen molar-refractivity contribution >= 4 is 49.8 Å². The van der Waals surface area contributed by atoms with Crippen molar-refractivity contribution < 1.29 is 4.42 Å². The minimum absolute atomic E-state index is 0.0654. The lowest BCUT2D eigenvalue weighted by Crippen LogP contribution is -2.28. The fourth-order valence-electron chi connectivity index (χ4n) is 8.96. The molecule has 1 heterocycles. The zero-order valence-electron chi connectivity index (χ0n) is 30.2. The van der Waals surface area contributed by atoms with Crippen LogP contribution in [0, 0.1) is 0 Å². The van der Waals surface area contributed by atoms with Gasteiger partial charge in [-0.05, 0) is 79.9 Å². The summed E-state index contributed by atoms with van der Waals surface area (Å²) in [6.45, 7) is 6.76. The number of nitrogens with zero attached hydrogens (tertiary/aromatic N) is 1. The molecule has 1 aliphatic rings. The normalized spacial score (nSPS) is 13.3. The summed E-state index contributed by atoms with van der Waals surface area (Å²) in [5.41, 5.74) is 13.2. The molecule has 1 aliphatic carbocycles. The summed E-state index contributed by atoms with van der Waals surface area (Å²) in [6.07, 6.45) is 0. The summed E-state index contributed by atoms with van der Waals surface area (Å²) in [4.78, 5) is 2.38. The minimum atomic E-state index is -0.539. The summed E-state index contributed by atoms with van der Waals surface area (Å²) in [5, 5.41) is 4.78. The summed E-state index contributed by atoms with van der Waals surface area (Å²) in [7, 11) is 0. The number of benzene rings is 8. The zero-order chi connectivity index (χ0) is 35.7. The van der Waals surface area contributed by atoms with Crippen LogP contribution in [0.25, 0.3) is 43.8 Å². The van der Waals surface area contributed by atoms with Gasteiger partial charge in [0.1, 0.15) is 5.58 Å². The van der Waals surface area contributed by atoms with Crippen molar-refractivity contribution in [1.82, 2.24) is 0 Å². The molecule has 0 bridgehead atoms. The summed E-state index contributed by atoms with van der Waals surface area (Å²) < 4.78 is 6.99. The number of hydrogen-bond donors (Lipinski definition) is 0. The lowest BCUT2D eigenvalue weighted by molar-refractivity contribution is 0.573. The Kier molecular flexibility index (Phi) is 7.00. The van der Waals surface area contributed by atoms with Gasteiger partial charge in [0.2, 0.25) is 0 Å². The van der Waals surface area contributed by atoms with Gasteiger partial charge in [0.15, 0.2) is 5.58 Å². The first-order valence-electron chi connectivity index (χ1n) is 18.5. The Morgan fingerprint density at radius 3 is 1.77 bits per heavy atom. The summed E-state index contributed by atoms with van der Waals surface area (Å²) in [6, 6.07) is 66.5. The molecule has 0 unspecified atom stereocenters. The lowest BCUT2D eigenvalue weighted by atomic mass is 9.67. The smallest absolute Gasteiger partial charge is 0.159 e. The van der Waals surface area contributed by atoms with Crippen molar-refractivity contribution in [3.63, 3.8) is 0 Å². The van der Waals surface area contributed by atoms with E-state index in [1.165, 1.54) is 49.7 Å². The van der Waals surface area contributed by atoms with Gasteiger partial charge in [-0.1, -0.05) is 172 Å². The molecule has 2 heteroatoms. The van der Waals surface area contributed by atoms with Crippen molar-refractivity contribution in [1.29, 1.82) is 0 Å². The predicted octanol–water partition coefficient (Wildman–Crippen LogP) is 13.9. The Morgan fingerprint density at radius 2 is 1.08 bits per heavy atom. The number of furan rings is 1. The first kappa shape index (κ1) is 31.4. The number of anilines is 3. The van der Waals surface area contributed by atoms with Crippen LogP contribution in [0.1, 0.15) is 48.6 Å². The van der Waals surface area contributed by atoms with Gasteiger partial charge in [0, 0.05) is 27.7 Å². The van der Waals surface area contributed by atoms with Crippen molar-refractivity contribution in [2.24, 2.45) is 0 Å². The van der Waals surface area contributed by atoms with Crippen LogP contribution in [0.3, 0.4) is 0 Å². The van der Waals surface area contributed by atoms with E-state index < -0.39 is 5.41 Å². The van der Waals surface area contributed by atoms with Crippen LogP contribution in [-0.4, -0.2) is 0 Å². The van der Waals surface area contributed by atoms with Gasteiger partial charge < -0.3 is 9.32 Å². The van der Waals surface area contributed by atoms with E-state index in [-0.39, 0.29) is 5.41 Å². The van der Waals surface area contributed by atoms with E-state index in [0.29, 0.717) is 0 Å². The second kappa shape index (κ2) is 11.8. The van der Waals surface area contributed by atoms with Gasteiger partial charge in [0.05, 0.1) is 11.1 Å². The molecule has 10 rings (SSSR count). The number of fused-ring (bicyclic) bond motifs is 8. The van der Waals surface area contributed by atoms with Crippen molar-refractivity contribution in [2.75, 3.05) is 4.90 Å². The molecular weight excluding hydrogens is 643 g/mol. The number of hydrogen-bond acceptors (Lipinski definition) is 2. The molecule has 2 nitrogen and oxygen atoms in total. The maximum atomic E-state index is 6.99. The van der Waals surface area contributed by atoms with E-state index in [1.54, 1.807) is 0 Å². The van der Waals surface area contributed by atoms with Crippen LogP contribution < -0.4 is 4.90 Å². The molecule has 0 aliphatic heterocycles. The highest BCUT2D eigenvalue weighted by molar-refractivity contribution is 6.11. The summed E-state index contributed by atoms with van der Waals surface area (Å²) in [5.74, 6) is 0. The number of rotatable bonds is 5. The van der Waals surface area contributed by atoms with Gasteiger partial charge in [-0.2, -0.15) is 0 Å². The van der Waals surface area contributed by atoms with Gasteiger partial charge in [-0.3, -0.25) is 0 Å². The van der Waals surface area contributed by atoms with Crippen molar-refractivity contribution in [2.45, 2.75) is 31.6 Å². The van der Waals surface area contributed by atoms with Crippen LogP contribution in [0.5, 0.6) is 0 Å². The Morgan fingerprint density at radius 1 is 0.472 bits per heavy atom. The topological polar surface area (TPSA) is 16.4 Å². The third-order valence-corrected chi connectivity index (χ3v) is 11.2. The van der Waals surface area contributed by atoms with Gasteiger partial charge in [0.25, 0.3) is 0 Å². The first-order valence-corrected chi connectivity index (χ1v) is 18.5. The average molecular weight is 682 g/mol. The lowest BCUT2D eigenvalue weighted by Gasteiger charge is -2.35. The molecule has 0 fully saturated rings. The third kappa shape index (κ3) is 4.65. The van der Waals surface area contributed by atoms with Crippen LogP contribution in [0.4, 0.5) is 17.1 Å². The molecule has 1 aromatic heterocycles. The van der Waals surface area contributed by atoms with Crippen molar-refractivity contribution in [3.05, 3.63) is 210 Å². The maximum absolute atomic E-state index is 6.99. The van der Waals surface area contributed by atoms with Crippen LogP contribution in [-0.2, 0) is 10.8 Å². The van der Waals surface area contributed by atoms with Gasteiger partial charge in [-0.15, -0.1) is 0 Å². The Bertz CT molecular complexity index is 2770. The van der Waals surface area contributed by atoms with E-state index in [2.05, 4.69) is 208 Å². The standard InChI is InChI=1S/C51H39NO/c1-50(2,3)44-27-15-25-40-41-26-16-28-46(49(41)53-48(40)44)52(37-22-11-6-12-23-37)38-30-31-42-45(33-38)51(35-18-7-4-8-19-35,36-20-9-5-10-21-36)43-32-29-34-17-13-14-24-39(34)47(42)43/h4-33H,1-3H3. The predicted molar refractivity (Wildman–Crippen MR) is 222 cm³/mol. The third-order valence-electron chi connectivity index (χ3n) is 11.2. The Hall–Kier alpha value is -6.38. The van der Waals surface area contributed by atoms with E-state index >= 15 is 0 Å². The van der Waals surface area contributed by atoms with Crippen LogP contribution in [0.2, 0.25) is 0 Å². The van der Waals surface area contributed by atoms with E-state index in [4.69, 9.17) is 4.42 Å². The molecule has 0 radical (unpaired) electrons. The SMILES string of the molecule is CC(C)(C)c1cccc2c1oc1c(N(c3ccccc3)c3ccc4c(c3)C(c3ccccc3)(c3ccccc3)c3ccc5ccccc5c3-4)cccc12. The Balaban J connectivity index is 1.30. The van der Waals surface area contributed by atoms with Gasteiger partial charge >= 0.3 is 0 Å². The van der Waals surface area contributed by atoms with E-state index in [1.807, 2.05) is 0 Å². The minimum Gasteiger partial charge on any atom is -0.454 e. The molecule has 0 spiro atoms. The second-order valence-corrected chi connectivity index (χ2v) is 15.3. The second-order valence-electron chi connectivity index (χ2n) is 15.3. The maximum Gasteiger partial charge on any atom is 0.159 e. The number of para-hydroxylation sites is 3. The summed E-state index contributed by atoms with van der Waals surface area (Å²) >= 11 is 0. The molecular formula is C51H39NO. The molecule has 8 aromatic carbocycles. The molecule has 254 valence electrons. The van der Waals surface area contributed by atoms with Crippen molar-refractivity contribution in [3.8, 4) is 11.1 Å². The van der Waals surface area contributed by atoms with E-state index in [9.17, 15) is 0 Å². The largest absolute Gasteiger partial charge is 0.454 e. The molecule has 0 atom stereocenters. The zero-order valence-corrected chi connectivity index (χ0v) is 30.2. The van der Waals surface area contributed by atoms with Crippen LogP contribution >= 0.6 is 0 Å². The highest BCUT2D eigenvalue weighted by atomic mass is 16.3. The van der Waals surface area contributed by atoms with E-state index in [0.717, 1.165) is 39.0 Å². The fourth-order valence-corrected chi connectivity index (χ4v) is 8.96. The Labute approximate surface area is 310 Å². The molecule has 0 saturated heterocycles. The fraction of sp³-hybridized carbons (Fsp3) is 0.0980. The van der Waals surface area contributed by atoms with Crippen LogP contribution in [0.15, 0.2) is 186 Å². The highest BCUT2D eigenvalue weighted by Gasteiger charge is 2.47. The molecule has 9 aromatic rings. The monoisotopic (exact) mass is 681 g/mol. The first-order chi connectivity index (χ1) is 25.9. The van der Waals surface area contributed by atoms with Gasteiger partial charge in [-0.25, -0.2) is 0 Å². The average Bonchev–Trinajstić information content (AvgIpc) is 3.73. The molecule has 0 amide bonds. The molecule has 53 heavy (non-hydrogen) atoms. The highest BCUT2D eigenvalue weighted by Crippen LogP contribution is 2.59. The molecule has 0 saturated carbocycles. The quantitative estimate of drug-likeness (QED) is 0.180. The molecule has 0 N–H and O–H groups in total.